The lowest BCUT2D eigenvalue weighted by atomic mass is 10.0. The lowest BCUT2D eigenvalue weighted by Gasteiger charge is -2.02. The standard InChI is InChI=1S/C13H7ClN2O3S2/c14-5-1-2-8-6(3-5)7(10(15-8)12(18)19)4-9-11(17)16-13(20)21-9/h1-4,17H,(H,16,20)(H,18,19)/b7-4+. The minimum absolute atomic E-state index is 0.0917. The molecule has 3 N–H and O–H groups in total. The van der Waals surface area contributed by atoms with Gasteiger partial charge in [-0.1, -0.05) is 11.6 Å². The summed E-state index contributed by atoms with van der Waals surface area (Å²) in [7, 11) is 0. The quantitative estimate of drug-likeness (QED) is 0.725. The van der Waals surface area contributed by atoms with Crippen LogP contribution in [0, 0.1) is 3.95 Å². The van der Waals surface area contributed by atoms with Crippen molar-refractivity contribution < 1.29 is 15.0 Å². The van der Waals surface area contributed by atoms with Crippen LogP contribution in [0.3, 0.4) is 0 Å². The van der Waals surface area contributed by atoms with Crippen LogP contribution in [0.25, 0.3) is 11.6 Å². The maximum Gasteiger partial charge on any atom is 0.355 e. The number of hydrogen-bond acceptors (Lipinski definition) is 5. The zero-order chi connectivity index (χ0) is 15.1. The third-order valence-corrected chi connectivity index (χ3v) is 4.28. The van der Waals surface area contributed by atoms with Crippen molar-refractivity contribution in [2.45, 2.75) is 0 Å². The molecular weight excluding hydrogens is 332 g/mol. The molecular formula is C13H7ClN2O3S2. The van der Waals surface area contributed by atoms with Gasteiger partial charge < -0.3 is 15.2 Å². The van der Waals surface area contributed by atoms with Gasteiger partial charge in [0.25, 0.3) is 0 Å². The summed E-state index contributed by atoms with van der Waals surface area (Å²) < 4.78 is 0.400. The molecule has 0 radical (unpaired) electrons. The summed E-state index contributed by atoms with van der Waals surface area (Å²) in [6.45, 7) is 0. The van der Waals surface area contributed by atoms with Gasteiger partial charge in [-0.2, -0.15) is 0 Å². The summed E-state index contributed by atoms with van der Waals surface area (Å²) in [4.78, 5) is 18.5. The molecule has 3 rings (SSSR count). The van der Waals surface area contributed by atoms with Crippen molar-refractivity contribution in [2.24, 2.45) is 4.99 Å². The molecule has 0 unspecified atom stereocenters. The number of fused-ring (bicyclic) bond motifs is 1. The predicted molar refractivity (Wildman–Crippen MR) is 85.2 cm³/mol. The SMILES string of the molecule is O=C(O)C1=Nc2ccc(Cl)cc2/C1=C\c1sc(=S)[nH]c1O. The van der Waals surface area contributed by atoms with Crippen molar-refractivity contribution >= 4 is 64.2 Å². The van der Waals surface area contributed by atoms with Crippen LogP contribution in [-0.2, 0) is 4.79 Å². The van der Waals surface area contributed by atoms with E-state index in [1.165, 1.54) is 0 Å². The van der Waals surface area contributed by atoms with Crippen LogP contribution in [0.5, 0.6) is 5.88 Å². The summed E-state index contributed by atoms with van der Waals surface area (Å²) in [6.07, 6.45) is 1.54. The molecule has 2 aromatic rings. The molecule has 0 atom stereocenters. The van der Waals surface area contributed by atoms with E-state index in [2.05, 4.69) is 9.98 Å². The van der Waals surface area contributed by atoms with Gasteiger partial charge in [-0.25, -0.2) is 9.79 Å². The first-order chi connectivity index (χ1) is 9.95. The molecule has 0 aliphatic carbocycles. The average Bonchev–Trinajstić information content (AvgIpc) is 2.91. The second-order valence-corrected chi connectivity index (χ2v) is 6.37. The normalized spacial score (nSPS) is 15.1. The van der Waals surface area contributed by atoms with Gasteiger partial charge in [0.1, 0.15) is 0 Å². The molecule has 8 heteroatoms. The smallest absolute Gasteiger partial charge is 0.355 e. The number of aromatic nitrogens is 1. The summed E-state index contributed by atoms with van der Waals surface area (Å²) >= 11 is 12.1. The number of benzene rings is 1. The zero-order valence-electron chi connectivity index (χ0n) is 10.3. The lowest BCUT2D eigenvalue weighted by Crippen LogP contribution is -2.11. The maximum atomic E-state index is 11.4. The van der Waals surface area contributed by atoms with Gasteiger partial charge in [0.15, 0.2) is 9.67 Å². The molecule has 0 saturated carbocycles. The molecule has 0 saturated heterocycles. The number of aliphatic imine (C=N–C) groups is 1. The highest BCUT2D eigenvalue weighted by atomic mass is 35.5. The Kier molecular flexibility index (Phi) is 3.40. The number of halogens is 1. The Labute approximate surface area is 132 Å². The molecule has 1 aliphatic heterocycles. The van der Waals surface area contributed by atoms with Crippen LogP contribution in [0.1, 0.15) is 10.4 Å². The molecule has 2 heterocycles. The Morgan fingerprint density at radius 3 is 2.86 bits per heavy atom. The monoisotopic (exact) mass is 338 g/mol. The van der Waals surface area contributed by atoms with Crippen LogP contribution < -0.4 is 0 Å². The molecule has 0 fully saturated rings. The first-order valence-corrected chi connectivity index (χ1v) is 7.32. The molecule has 21 heavy (non-hydrogen) atoms. The average molecular weight is 339 g/mol. The fourth-order valence-electron chi connectivity index (χ4n) is 2.00. The number of carbonyl (C=O) groups is 1. The second kappa shape index (κ2) is 5.10. The maximum absolute atomic E-state index is 11.4. The molecule has 0 bridgehead atoms. The highest BCUT2D eigenvalue weighted by molar-refractivity contribution is 7.73. The van der Waals surface area contributed by atoms with E-state index in [-0.39, 0.29) is 11.6 Å². The number of aromatic amines is 1. The van der Waals surface area contributed by atoms with Crippen LogP contribution >= 0.6 is 35.2 Å². The number of thiazole rings is 1. The Hall–Kier alpha value is -1.96. The van der Waals surface area contributed by atoms with E-state index in [0.29, 0.717) is 30.7 Å². The van der Waals surface area contributed by atoms with Gasteiger partial charge in [-0.3, -0.25) is 0 Å². The Bertz CT molecular complexity index is 880. The molecule has 0 spiro atoms. The number of carboxylic acids is 1. The number of hydrogen-bond donors (Lipinski definition) is 3. The third kappa shape index (κ3) is 2.51. The van der Waals surface area contributed by atoms with Crippen molar-refractivity contribution in [1.29, 1.82) is 0 Å². The zero-order valence-corrected chi connectivity index (χ0v) is 12.6. The van der Waals surface area contributed by atoms with Crippen LogP contribution in [-0.4, -0.2) is 26.9 Å². The number of H-pyrrole nitrogens is 1. The van der Waals surface area contributed by atoms with Crippen LogP contribution in [0.15, 0.2) is 23.2 Å². The van der Waals surface area contributed by atoms with Gasteiger partial charge in [-0.05, 0) is 36.5 Å². The highest BCUT2D eigenvalue weighted by Gasteiger charge is 2.26. The second-order valence-electron chi connectivity index (χ2n) is 4.21. The summed E-state index contributed by atoms with van der Waals surface area (Å²) in [5, 5.41) is 19.5. The van der Waals surface area contributed by atoms with Gasteiger partial charge in [0.05, 0.1) is 10.6 Å². The van der Waals surface area contributed by atoms with Gasteiger partial charge >= 0.3 is 5.97 Å². The van der Waals surface area contributed by atoms with E-state index in [9.17, 15) is 15.0 Å². The van der Waals surface area contributed by atoms with E-state index < -0.39 is 5.97 Å². The summed E-state index contributed by atoms with van der Waals surface area (Å²) in [6, 6.07) is 4.94. The first-order valence-electron chi connectivity index (χ1n) is 5.72. The summed E-state index contributed by atoms with van der Waals surface area (Å²) in [5.74, 6) is -1.25. The molecule has 1 aromatic carbocycles. The minimum atomic E-state index is -1.15. The third-order valence-electron chi connectivity index (χ3n) is 2.87. The molecule has 1 aromatic heterocycles. The minimum Gasteiger partial charge on any atom is -0.494 e. The number of aliphatic carboxylic acids is 1. The van der Waals surface area contributed by atoms with Gasteiger partial charge in [0, 0.05) is 16.2 Å². The fraction of sp³-hybridized carbons (Fsp3) is 0. The number of carboxylic acid groups (broad SMARTS) is 1. The van der Waals surface area contributed by atoms with E-state index in [1.807, 2.05) is 0 Å². The van der Waals surface area contributed by atoms with Gasteiger partial charge in [-0.15, -0.1) is 11.3 Å². The van der Waals surface area contributed by atoms with Crippen LogP contribution in [0.4, 0.5) is 5.69 Å². The lowest BCUT2D eigenvalue weighted by molar-refractivity contribution is -0.129. The van der Waals surface area contributed by atoms with Crippen molar-refractivity contribution in [3.8, 4) is 5.88 Å². The van der Waals surface area contributed by atoms with E-state index in [1.54, 1.807) is 24.3 Å². The van der Waals surface area contributed by atoms with Crippen LogP contribution in [0.2, 0.25) is 5.02 Å². The van der Waals surface area contributed by atoms with Crippen molar-refractivity contribution in [3.63, 3.8) is 0 Å². The predicted octanol–water partition coefficient (Wildman–Crippen LogP) is 3.88. The van der Waals surface area contributed by atoms with Crippen molar-refractivity contribution in [2.75, 3.05) is 0 Å². The number of aromatic hydroxyl groups is 1. The van der Waals surface area contributed by atoms with Gasteiger partial charge in [0.2, 0.25) is 5.88 Å². The highest BCUT2D eigenvalue weighted by Crippen LogP contribution is 2.39. The molecule has 0 amide bonds. The van der Waals surface area contributed by atoms with E-state index >= 15 is 0 Å². The van der Waals surface area contributed by atoms with Crippen molar-refractivity contribution in [3.05, 3.63) is 37.6 Å². The molecule has 106 valence electrons. The number of nitrogens with one attached hydrogen (secondary N) is 1. The fourth-order valence-corrected chi connectivity index (χ4v) is 3.21. The number of rotatable bonds is 2. The molecule has 5 nitrogen and oxygen atoms in total. The Morgan fingerprint density at radius 1 is 1.48 bits per heavy atom. The van der Waals surface area contributed by atoms with E-state index in [4.69, 9.17) is 23.8 Å². The topological polar surface area (TPSA) is 85.7 Å². The Morgan fingerprint density at radius 2 is 2.24 bits per heavy atom. The van der Waals surface area contributed by atoms with E-state index in [0.717, 1.165) is 11.3 Å². The largest absolute Gasteiger partial charge is 0.494 e. The molecule has 1 aliphatic rings. The summed E-state index contributed by atoms with van der Waals surface area (Å²) in [5.41, 5.74) is 1.44. The Balaban J connectivity index is 2.22. The first kappa shape index (κ1) is 14.0. The number of nitrogens with zero attached hydrogens (tertiary/aromatic N) is 1. The van der Waals surface area contributed by atoms with Crippen molar-refractivity contribution in [1.82, 2.24) is 4.98 Å².